The smallest absolute Gasteiger partial charge is 0.366 e. The number of pyridine rings is 1. The summed E-state index contributed by atoms with van der Waals surface area (Å²) in [5.74, 6) is -1.33. The molecule has 0 saturated heterocycles. The van der Waals surface area contributed by atoms with Crippen LogP contribution in [0, 0.1) is 0 Å². The van der Waals surface area contributed by atoms with E-state index in [0.29, 0.717) is 22.5 Å². The second-order valence-corrected chi connectivity index (χ2v) is 4.87. The zero-order valence-electron chi connectivity index (χ0n) is 12.1. The first-order chi connectivity index (χ1) is 11.2. The number of rotatable bonds is 4. The van der Waals surface area contributed by atoms with Gasteiger partial charge in [0.05, 0.1) is 5.56 Å². The molecule has 0 fully saturated rings. The van der Waals surface area contributed by atoms with Crippen LogP contribution in [0.15, 0.2) is 47.4 Å². The number of aromatic nitrogens is 1. The van der Waals surface area contributed by atoms with E-state index in [1.165, 1.54) is 24.3 Å². The lowest BCUT2D eigenvalue weighted by Gasteiger charge is -2.11. The minimum absolute atomic E-state index is 0.238. The quantitative estimate of drug-likeness (QED) is 0.886. The van der Waals surface area contributed by atoms with Crippen LogP contribution in [-0.2, 0) is 17.5 Å². The molecule has 6 nitrogen and oxygen atoms in total. The van der Waals surface area contributed by atoms with Crippen molar-refractivity contribution in [3.05, 3.63) is 64.1 Å². The zero-order valence-corrected chi connectivity index (χ0v) is 12.1. The normalized spacial score (nSPS) is 11.1. The Labute approximate surface area is 133 Å². The minimum Gasteiger partial charge on any atom is -0.366 e. The van der Waals surface area contributed by atoms with Crippen molar-refractivity contribution in [1.82, 2.24) is 4.57 Å². The molecular weight excluding hydrogens is 327 g/mol. The highest BCUT2D eigenvalue weighted by atomic mass is 19.4. The average Bonchev–Trinajstić information content (AvgIpc) is 2.48. The third-order valence-corrected chi connectivity index (χ3v) is 3.08. The van der Waals surface area contributed by atoms with Crippen LogP contribution < -0.4 is 16.6 Å². The van der Waals surface area contributed by atoms with Gasteiger partial charge in [0.15, 0.2) is 0 Å². The van der Waals surface area contributed by atoms with Crippen molar-refractivity contribution in [2.75, 3.05) is 5.32 Å². The van der Waals surface area contributed by atoms with Gasteiger partial charge < -0.3 is 15.6 Å². The van der Waals surface area contributed by atoms with E-state index in [2.05, 4.69) is 5.32 Å². The topological polar surface area (TPSA) is 94.2 Å². The number of primary amides is 1. The van der Waals surface area contributed by atoms with E-state index in [9.17, 15) is 27.6 Å². The van der Waals surface area contributed by atoms with Crippen molar-refractivity contribution in [2.24, 2.45) is 5.73 Å². The summed E-state index contributed by atoms with van der Waals surface area (Å²) in [5.41, 5.74) is 3.86. The molecule has 2 aromatic rings. The van der Waals surface area contributed by atoms with Gasteiger partial charge in [-0.25, -0.2) is 0 Å². The van der Waals surface area contributed by atoms with Crippen LogP contribution in [-0.4, -0.2) is 16.4 Å². The number of carbonyl (C=O) groups is 2. The monoisotopic (exact) mass is 339 g/mol. The van der Waals surface area contributed by atoms with Crippen molar-refractivity contribution in [3.8, 4) is 0 Å². The largest absolute Gasteiger partial charge is 0.417 e. The predicted octanol–water partition coefficient (Wildman–Crippen LogP) is 1.60. The fraction of sp³-hybridized carbons (Fsp3) is 0.133. The summed E-state index contributed by atoms with van der Waals surface area (Å²) in [7, 11) is 0. The van der Waals surface area contributed by atoms with E-state index in [4.69, 9.17) is 5.73 Å². The van der Waals surface area contributed by atoms with Crippen LogP contribution in [0.3, 0.4) is 0 Å². The van der Waals surface area contributed by atoms with Gasteiger partial charge in [-0.1, -0.05) is 0 Å². The lowest BCUT2D eigenvalue weighted by molar-refractivity contribution is -0.138. The Morgan fingerprint density at radius 3 is 2.25 bits per heavy atom. The molecule has 0 unspecified atom stereocenters. The summed E-state index contributed by atoms with van der Waals surface area (Å²) >= 11 is 0. The van der Waals surface area contributed by atoms with Crippen LogP contribution in [0.2, 0.25) is 0 Å². The van der Waals surface area contributed by atoms with E-state index in [0.717, 1.165) is 6.07 Å². The number of anilines is 1. The molecule has 0 aliphatic carbocycles. The Hall–Kier alpha value is -3.10. The van der Waals surface area contributed by atoms with Crippen LogP contribution in [0.25, 0.3) is 0 Å². The van der Waals surface area contributed by atoms with E-state index in [1.807, 2.05) is 0 Å². The molecule has 1 aromatic carbocycles. The van der Waals surface area contributed by atoms with Gasteiger partial charge in [0, 0.05) is 23.5 Å². The molecule has 9 heteroatoms. The number of nitrogens with one attached hydrogen (secondary N) is 1. The Balaban J connectivity index is 2.12. The SMILES string of the molecule is NC(=O)c1ccc(NC(=O)Cn2cc(C(F)(F)F)ccc2=O)cc1. The number of amides is 2. The van der Waals surface area contributed by atoms with E-state index < -0.39 is 35.7 Å². The molecule has 1 heterocycles. The van der Waals surface area contributed by atoms with E-state index in [1.54, 1.807) is 0 Å². The standard InChI is InChI=1S/C15H12F3N3O3/c16-15(17,18)10-3-6-13(23)21(7-10)8-12(22)20-11-4-1-9(2-5-11)14(19)24/h1-7H,8H2,(H2,19,24)(H,20,22). The second-order valence-electron chi connectivity index (χ2n) is 4.87. The van der Waals surface area contributed by atoms with Crippen LogP contribution in [0.1, 0.15) is 15.9 Å². The fourth-order valence-electron chi connectivity index (χ4n) is 1.90. The first-order valence-corrected chi connectivity index (χ1v) is 6.64. The van der Waals surface area contributed by atoms with Gasteiger partial charge in [-0.3, -0.25) is 14.4 Å². The molecule has 0 bridgehead atoms. The van der Waals surface area contributed by atoms with Gasteiger partial charge in [0.1, 0.15) is 6.54 Å². The zero-order chi connectivity index (χ0) is 17.9. The Morgan fingerprint density at radius 2 is 1.71 bits per heavy atom. The molecule has 1 aromatic heterocycles. The first kappa shape index (κ1) is 17.3. The molecule has 3 N–H and O–H groups in total. The van der Waals surface area contributed by atoms with E-state index >= 15 is 0 Å². The van der Waals surface area contributed by atoms with Crippen LogP contribution >= 0.6 is 0 Å². The van der Waals surface area contributed by atoms with Crippen molar-refractivity contribution >= 4 is 17.5 Å². The fourth-order valence-corrected chi connectivity index (χ4v) is 1.90. The highest BCUT2D eigenvalue weighted by molar-refractivity contribution is 5.94. The molecule has 0 aliphatic rings. The van der Waals surface area contributed by atoms with Crippen molar-refractivity contribution < 1.29 is 22.8 Å². The summed E-state index contributed by atoms with van der Waals surface area (Å²) in [6, 6.07) is 6.99. The number of carbonyl (C=O) groups excluding carboxylic acids is 2. The molecule has 0 saturated carbocycles. The lowest BCUT2D eigenvalue weighted by atomic mass is 10.2. The van der Waals surface area contributed by atoms with Gasteiger partial charge in [0.2, 0.25) is 11.8 Å². The van der Waals surface area contributed by atoms with Gasteiger partial charge >= 0.3 is 6.18 Å². The minimum atomic E-state index is -4.61. The molecule has 126 valence electrons. The number of benzene rings is 1. The van der Waals surface area contributed by atoms with Crippen LogP contribution in [0.5, 0.6) is 0 Å². The maximum Gasteiger partial charge on any atom is 0.417 e. The lowest BCUT2D eigenvalue weighted by Crippen LogP contribution is -2.28. The summed E-state index contributed by atoms with van der Waals surface area (Å²) in [6.07, 6.45) is -4.03. The second kappa shape index (κ2) is 6.57. The van der Waals surface area contributed by atoms with E-state index in [-0.39, 0.29) is 5.56 Å². The summed E-state index contributed by atoms with van der Waals surface area (Å²) in [4.78, 5) is 34.4. The molecule has 2 rings (SSSR count). The Bertz CT molecular complexity index is 826. The molecule has 0 aliphatic heterocycles. The van der Waals surface area contributed by atoms with Gasteiger partial charge in [0.25, 0.3) is 5.56 Å². The summed E-state index contributed by atoms with van der Waals surface area (Å²) in [5, 5.41) is 2.41. The maximum absolute atomic E-state index is 12.6. The van der Waals surface area contributed by atoms with Crippen molar-refractivity contribution in [3.63, 3.8) is 0 Å². The number of nitrogens with two attached hydrogens (primary N) is 1. The van der Waals surface area contributed by atoms with Crippen molar-refractivity contribution in [2.45, 2.75) is 12.7 Å². The maximum atomic E-state index is 12.6. The predicted molar refractivity (Wildman–Crippen MR) is 79.3 cm³/mol. The molecule has 2 amide bonds. The molecule has 0 atom stereocenters. The number of alkyl halides is 3. The third kappa shape index (κ3) is 4.22. The Kier molecular flexibility index (Phi) is 4.72. The average molecular weight is 339 g/mol. The number of nitrogens with zero attached hydrogens (tertiary/aromatic N) is 1. The third-order valence-electron chi connectivity index (χ3n) is 3.08. The first-order valence-electron chi connectivity index (χ1n) is 6.64. The number of hydrogen-bond donors (Lipinski definition) is 2. The summed E-state index contributed by atoms with van der Waals surface area (Å²) in [6.45, 7) is -0.583. The number of halogens is 3. The highest BCUT2D eigenvalue weighted by Gasteiger charge is 2.31. The van der Waals surface area contributed by atoms with Gasteiger partial charge in [-0.05, 0) is 30.3 Å². The van der Waals surface area contributed by atoms with Crippen LogP contribution in [0.4, 0.5) is 18.9 Å². The molecular formula is C15H12F3N3O3. The molecule has 0 spiro atoms. The molecule has 24 heavy (non-hydrogen) atoms. The highest BCUT2D eigenvalue weighted by Crippen LogP contribution is 2.27. The number of hydrogen-bond acceptors (Lipinski definition) is 3. The summed E-state index contributed by atoms with van der Waals surface area (Å²) < 4.78 is 38.6. The van der Waals surface area contributed by atoms with Crippen molar-refractivity contribution in [1.29, 1.82) is 0 Å². The van der Waals surface area contributed by atoms with Gasteiger partial charge in [-0.15, -0.1) is 0 Å². The molecule has 0 radical (unpaired) electrons. The van der Waals surface area contributed by atoms with Gasteiger partial charge in [-0.2, -0.15) is 13.2 Å². The Morgan fingerprint density at radius 1 is 1.08 bits per heavy atom.